The van der Waals surface area contributed by atoms with Crippen molar-refractivity contribution >= 4 is 34.7 Å². The van der Waals surface area contributed by atoms with Gasteiger partial charge in [0.25, 0.3) is 11.7 Å². The van der Waals surface area contributed by atoms with Crippen LogP contribution in [0.25, 0.3) is 11.4 Å². The number of halogens is 1. The fraction of sp³-hybridized carbons (Fsp3) is 0.320. The van der Waals surface area contributed by atoms with Crippen molar-refractivity contribution < 1.29 is 14.7 Å². The highest BCUT2D eigenvalue weighted by molar-refractivity contribution is 6.46. The third-order valence-corrected chi connectivity index (χ3v) is 6.23. The third-order valence-electron chi connectivity index (χ3n) is 5.97. The molecule has 3 aromatic rings. The molecule has 1 amide bonds. The fourth-order valence-corrected chi connectivity index (χ4v) is 4.52. The van der Waals surface area contributed by atoms with Crippen LogP contribution in [0.2, 0.25) is 5.02 Å². The number of nitrogens with zero attached hydrogens (tertiary/aromatic N) is 4. The summed E-state index contributed by atoms with van der Waals surface area (Å²) in [4.78, 5) is 34.5. The maximum atomic E-state index is 13.2. The number of hydrogen-bond acceptors (Lipinski definition) is 5. The molecule has 2 aromatic heterocycles. The van der Waals surface area contributed by atoms with Crippen molar-refractivity contribution in [3.05, 3.63) is 75.7 Å². The summed E-state index contributed by atoms with van der Waals surface area (Å²) in [7, 11) is 3.92. The average Bonchev–Trinajstić information content (AvgIpc) is 3.23. The number of pyridine rings is 1. The summed E-state index contributed by atoms with van der Waals surface area (Å²) in [5.41, 5.74) is 3.42. The molecule has 7 nitrogen and oxygen atoms in total. The molecule has 0 saturated carbocycles. The van der Waals surface area contributed by atoms with Gasteiger partial charge in [0.2, 0.25) is 0 Å². The highest BCUT2D eigenvalue weighted by Crippen LogP contribution is 2.40. The first-order valence-electron chi connectivity index (χ1n) is 10.8. The molecular formula is C25H27ClN4O3. The van der Waals surface area contributed by atoms with E-state index in [1.165, 1.54) is 0 Å². The van der Waals surface area contributed by atoms with E-state index in [0.29, 0.717) is 40.6 Å². The number of aliphatic hydroxyl groups is 1. The SMILES string of the molecule is Cc1nc2c(C)cccn2c1C(O)=C1C(=O)C(=O)N(CCCN(C)C)[C@@H]1c1ccc(Cl)cc1. The molecule has 1 saturated heterocycles. The van der Waals surface area contributed by atoms with E-state index in [2.05, 4.69) is 4.98 Å². The van der Waals surface area contributed by atoms with Gasteiger partial charge in [0.15, 0.2) is 5.76 Å². The quantitative estimate of drug-likeness (QED) is 0.338. The van der Waals surface area contributed by atoms with Crippen molar-refractivity contribution in [2.45, 2.75) is 26.3 Å². The van der Waals surface area contributed by atoms with Gasteiger partial charge in [0.1, 0.15) is 11.3 Å². The number of Topliss-reactive ketones (excluding diaryl/α,β-unsaturated/α-hetero) is 1. The highest BCUT2D eigenvalue weighted by Gasteiger charge is 2.46. The fourth-order valence-electron chi connectivity index (χ4n) is 4.39. The van der Waals surface area contributed by atoms with Crippen molar-refractivity contribution in [2.24, 2.45) is 0 Å². The number of imidazole rings is 1. The summed E-state index contributed by atoms with van der Waals surface area (Å²) in [5, 5.41) is 12.0. The van der Waals surface area contributed by atoms with Crippen LogP contribution >= 0.6 is 11.6 Å². The van der Waals surface area contributed by atoms with Gasteiger partial charge >= 0.3 is 0 Å². The lowest BCUT2D eigenvalue weighted by atomic mass is 9.96. The maximum absolute atomic E-state index is 13.2. The number of ketones is 1. The van der Waals surface area contributed by atoms with Gasteiger partial charge in [0, 0.05) is 17.8 Å². The number of aliphatic hydroxyl groups excluding tert-OH is 1. The van der Waals surface area contributed by atoms with Crippen LogP contribution in [0, 0.1) is 13.8 Å². The molecule has 0 unspecified atom stereocenters. The first kappa shape index (κ1) is 23.0. The average molecular weight is 467 g/mol. The molecular weight excluding hydrogens is 440 g/mol. The predicted molar refractivity (Wildman–Crippen MR) is 128 cm³/mol. The second-order valence-electron chi connectivity index (χ2n) is 8.63. The standard InChI is InChI=1S/C25H27ClN4O3/c1-15-7-5-13-29-20(16(2)27-24(15)29)22(31)19-21(17-8-10-18(26)11-9-17)30(25(33)23(19)32)14-6-12-28(3)4/h5,7-11,13,21,31H,6,12,14H2,1-4H3/t21-/m1/s1. The van der Waals surface area contributed by atoms with Crippen molar-refractivity contribution in [1.82, 2.24) is 19.2 Å². The van der Waals surface area contributed by atoms with Gasteiger partial charge in [-0.15, -0.1) is 0 Å². The van der Waals surface area contributed by atoms with E-state index in [0.717, 1.165) is 12.1 Å². The number of fused-ring (bicyclic) bond motifs is 1. The molecule has 1 fully saturated rings. The number of benzene rings is 1. The summed E-state index contributed by atoms with van der Waals surface area (Å²) >= 11 is 6.09. The van der Waals surface area contributed by atoms with E-state index in [1.54, 1.807) is 46.7 Å². The smallest absolute Gasteiger partial charge is 0.295 e. The molecule has 1 N–H and O–H groups in total. The molecule has 1 atom stereocenters. The molecule has 0 radical (unpaired) electrons. The zero-order valence-corrected chi connectivity index (χ0v) is 19.9. The summed E-state index contributed by atoms with van der Waals surface area (Å²) in [6.45, 7) is 4.87. The Morgan fingerprint density at radius 3 is 2.52 bits per heavy atom. The van der Waals surface area contributed by atoms with Crippen molar-refractivity contribution in [2.75, 3.05) is 27.2 Å². The van der Waals surface area contributed by atoms with Crippen molar-refractivity contribution in [3.8, 4) is 0 Å². The molecule has 0 spiro atoms. The van der Waals surface area contributed by atoms with Crippen molar-refractivity contribution in [3.63, 3.8) is 0 Å². The summed E-state index contributed by atoms with van der Waals surface area (Å²) in [6.07, 6.45) is 2.49. The van der Waals surface area contributed by atoms with E-state index >= 15 is 0 Å². The lowest BCUT2D eigenvalue weighted by Crippen LogP contribution is -2.32. The van der Waals surface area contributed by atoms with Gasteiger partial charge in [0.05, 0.1) is 17.3 Å². The van der Waals surface area contributed by atoms with Crippen LogP contribution in [0.3, 0.4) is 0 Å². The first-order chi connectivity index (χ1) is 15.7. The minimum absolute atomic E-state index is 0.0681. The molecule has 3 heterocycles. The highest BCUT2D eigenvalue weighted by atomic mass is 35.5. The second kappa shape index (κ2) is 9.00. The Hall–Kier alpha value is -3.16. The normalized spacial score (nSPS) is 18.1. The third kappa shape index (κ3) is 4.14. The molecule has 33 heavy (non-hydrogen) atoms. The van der Waals surface area contributed by atoms with E-state index in [1.807, 2.05) is 38.1 Å². The van der Waals surface area contributed by atoms with Crippen LogP contribution in [0.1, 0.15) is 35.0 Å². The number of carbonyl (C=O) groups is 2. The molecule has 1 aromatic carbocycles. The summed E-state index contributed by atoms with van der Waals surface area (Å²) in [6, 6.07) is 10.1. The second-order valence-corrected chi connectivity index (χ2v) is 9.07. The van der Waals surface area contributed by atoms with Crippen LogP contribution in [0.5, 0.6) is 0 Å². The van der Waals surface area contributed by atoms with Crippen LogP contribution in [-0.2, 0) is 9.59 Å². The Labute approximate surface area is 197 Å². The lowest BCUT2D eigenvalue weighted by Gasteiger charge is -2.26. The molecule has 1 aliphatic rings. The Bertz CT molecular complexity index is 1260. The molecule has 1 aliphatic heterocycles. The van der Waals surface area contributed by atoms with E-state index in [4.69, 9.17) is 11.6 Å². The monoisotopic (exact) mass is 466 g/mol. The van der Waals surface area contributed by atoms with Gasteiger partial charge in [-0.2, -0.15) is 0 Å². The number of amides is 1. The number of aromatic nitrogens is 2. The topological polar surface area (TPSA) is 78.1 Å². The lowest BCUT2D eigenvalue weighted by molar-refractivity contribution is -0.139. The number of aryl methyl sites for hydroxylation is 2. The zero-order chi connectivity index (χ0) is 23.9. The maximum Gasteiger partial charge on any atom is 0.295 e. The predicted octanol–water partition coefficient (Wildman–Crippen LogP) is 3.98. The van der Waals surface area contributed by atoms with Gasteiger partial charge in [-0.3, -0.25) is 14.0 Å². The number of likely N-dealkylation sites (tertiary alicyclic amines) is 1. The first-order valence-corrected chi connectivity index (χ1v) is 11.2. The Morgan fingerprint density at radius 2 is 1.85 bits per heavy atom. The molecule has 0 bridgehead atoms. The van der Waals surface area contributed by atoms with Crippen LogP contribution in [-0.4, -0.2) is 63.2 Å². The Balaban J connectivity index is 1.89. The summed E-state index contributed by atoms with van der Waals surface area (Å²) < 4.78 is 1.76. The number of carbonyl (C=O) groups excluding carboxylic acids is 2. The van der Waals surface area contributed by atoms with Gasteiger partial charge in [-0.25, -0.2) is 4.98 Å². The Kier molecular flexibility index (Phi) is 6.28. The van der Waals surface area contributed by atoms with Crippen LogP contribution < -0.4 is 0 Å². The molecule has 4 rings (SSSR count). The van der Waals surface area contributed by atoms with Gasteiger partial charge in [-0.1, -0.05) is 29.8 Å². The summed E-state index contributed by atoms with van der Waals surface area (Å²) in [5.74, 6) is -1.53. The molecule has 8 heteroatoms. The largest absolute Gasteiger partial charge is 0.505 e. The van der Waals surface area contributed by atoms with Gasteiger partial charge in [-0.05, 0) is 70.2 Å². The zero-order valence-electron chi connectivity index (χ0n) is 19.2. The van der Waals surface area contributed by atoms with Gasteiger partial charge < -0.3 is 14.9 Å². The van der Waals surface area contributed by atoms with Crippen LogP contribution in [0.15, 0.2) is 48.2 Å². The minimum Gasteiger partial charge on any atom is -0.505 e. The minimum atomic E-state index is -0.709. The van der Waals surface area contributed by atoms with E-state index in [9.17, 15) is 14.7 Å². The van der Waals surface area contributed by atoms with E-state index < -0.39 is 17.7 Å². The van der Waals surface area contributed by atoms with Crippen molar-refractivity contribution in [1.29, 1.82) is 0 Å². The molecule has 172 valence electrons. The van der Waals surface area contributed by atoms with Crippen LogP contribution in [0.4, 0.5) is 0 Å². The van der Waals surface area contributed by atoms with E-state index in [-0.39, 0.29) is 11.3 Å². The number of hydrogen-bond donors (Lipinski definition) is 1. The molecule has 0 aliphatic carbocycles. The Morgan fingerprint density at radius 1 is 1.15 bits per heavy atom. The number of rotatable bonds is 6.